The van der Waals surface area contributed by atoms with Crippen molar-refractivity contribution in [3.05, 3.63) is 51.5 Å². The number of ether oxygens (including phenoxy) is 1. The van der Waals surface area contributed by atoms with Gasteiger partial charge in [0.15, 0.2) is 5.75 Å². The number of hydrogen-bond donors (Lipinski definition) is 1. The van der Waals surface area contributed by atoms with E-state index in [0.29, 0.717) is 22.7 Å². The third-order valence-electron chi connectivity index (χ3n) is 2.81. The Bertz CT molecular complexity index is 651. The molecule has 96 valence electrons. The summed E-state index contributed by atoms with van der Waals surface area (Å²) in [5, 5.41) is 8.90. The van der Waals surface area contributed by atoms with Crippen LogP contribution in [0.1, 0.15) is 16.7 Å². The molecule has 0 radical (unpaired) electrons. The van der Waals surface area contributed by atoms with E-state index in [-0.39, 0.29) is 0 Å². The highest BCUT2D eigenvalue weighted by molar-refractivity contribution is 9.10. The van der Waals surface area contributed by atoms with Gasteiger partial charge >= 0.3 is 0 Å². The molecule has 0 amide bonds. The molecule has 2 N–H and O–H groups in total. The summed E-state index contributed by atoms with van der Waals surface area (Å²) in [5.74, 6) is 1.32. The predicted octanol–water partition coefficient (Wildman–Crippen LogP) is 4.31. The molecule has 0 saturated heterocycles. The van der Waals surface area contributed by atoms with Crippen LogP contribution in [-0.4, -0.2) is 0 Å². The lowest BCUT2D eigenvalue weighted by atomic mass is 10.1. The number of aryl methyl sites for hydroxylation is 2. The summed E-state index contributed by atoms with van der Waals surface area (Å²) < 4.78 is 6.74. The lowest BCUT2D eigenvalue weighted by Gasteiger charge is -2.12. The van der Waals surface area contributed by atoms with E-state index < -0.39 is 0 Å². The Kier molecular flexibility index (Phi) is 3.77. The largest absolute Gasteiger partial charge is 0.455 e. The molecular formula is C15H13BrN2O. The first-order valence-corrected chi connectivity index (χ1v) is 6.55. The summed E-state index contributed by atoms with van der Waals surface area (Å²) in [6.07, 6.45) is 0. The van der Waals surface area contributed by atoms with E-state index in [0.717, 1.165) is 15.6 Å². The molecule has 0 bridgehead atoms. The molecular weight excluding hydrogens is 304 g/mol. The molecule has 0 saturated carbocycles. The molecule has 0 heterocycles. The number of nitrogens with zero attached hydrogens (tertiary/aromatic N) is 1. The number of nitrogen functional groups attached to an aromatic ring is 1. The van der Waals surface area contributed by atoms with E-state index in [4.69, 9.17) is 15.7 Å². The van der Waals surface area contributed by atoms with E-state index in [9.17, 15) is 0 Å². The van der Waals surface area contributed by atoms with Crippen molar-refractivity contribution in [1.82, 2.24) is 0 Å². The van der Waals surface area contributed by atoms with Crippen molar-refractivity contribution in [3.63, 3.8) is 0 Å². The monoisotopic (exact) mass is 316 g/mol. The fourth-order valence-electron chi connectivity index (χ4n) is 1.84. The van der Waals surface area contributed by atoms with Crippen LogP contribution in [0.2, 0.25) is 0 Å². The van der Waals surface area contributed by atoms with Gasteiger partial charge in [-0.3, -0.25) is 0 Å². The van der Waals surface area contributed by atoms with Crippen LogP contribution in [0.3, 0.4) is 0 Å². The first kappa shape index (κ1) is 13.4. The Balaban J connectivity index is 2.37. The number of anilines is 1. The second kappa shape index (κ2) is 5.33. The van der Waals surface area contributed by atoms with Gasteiger partial charge in [0.05, 0.1) is 17.3 Å². The van der Waals surface area contributed by atoms with Crippen LogP contribution in [0.25, 0.3) is 0 Å². The second-order valence-corrected chi connectivity index (χ2v) is 5.25. The lowest BCUT2D eigenvalue weighted by molar-refractivity contribution is 0.481. The van der Waals surface area contributed by atoms with Crippen LogP contribution in [0.5, 0.6) is 11.5 Å². The molecule has 2 aromatic rings. The van der Waals surface area contributed by atoms with Crippen LogP contribution in [0.4, 0.5) is 5.69 Å². The molecule has 0 unspecified atom stereocenters. The third-order valence-corrected chi connectivity index (χ3v) is 3.26. The molecule has 0 aliphatic rings. The zero-order valence-corrected chi connectivity index (χ0v) is 12.3. The zero-order chi connectivity index (χ0) is 14.0. The first-order chi connectivity index (χ1) is 9.01. The minimum atomic E-state index is 0.578. The Hall–Kier alpha value is -1.99. The van der Waals surface area contributed by atoms with Gasteiger partial charge in [-0.1, -0.05) is 15.9 Å². The van der Waals surface area contributed by atoms with Crippen molar-refractivity contribution in [2.75, 3.05) is 5.73 Å². The van der Waals surface area contributed by atoms with Crippen LogP contribution >= 0.6 is 15.9 Å². The quantitative estimate of drug-likeness (QED) is 0.840. The molecule has 0 fully saturated rings. The summed E-state index contributed by atoms with van der Waals surface area (Å²) in [5.41, 5.74) is 9.02. The number of nitrogens with two attached hydrogens (primary N) is 1. The minimum Gasteiger partial charge on any atom is -0.455 e. The van der Waals surface area contributed by atoms with Gasteiger partial charge in [0.25, 0.3) is 0 Å². The summed E-state index contributed by atoms with van der Waals surface area (Å²) in [6, 6.07) is 11.2. The van der Waals surface area contributed by atoms with Crippen molar-refractivity contribution in [1.29, 1.82) is 5.26 Å². The van der Waals surface area contributed by atoms with E-state index in [1.54, 1.807) is 18.2 Å². The second-order valence-electron chi connectivity index (χ2n) is 4.33. The SMILES string of the molecule is Cc1cc(Oc2c(C)cc(Br)cc2N)ccc1C#N. The Morgan fingerprint density at radius 2 is 1.89 bits per heavy atom. The van der Waals surface area contributed by atoms with Gasteiger partial charge in [0, 0.05) is 4.47 Å². The van der Waals surface area contributed by atoms with E-state index >= 15 is 0 Å². The minimum absolute atomic E-state index is 0.578. The molecule has 4 heteroatoms. The van der Waals surface area contributed by atoms with E-state index in [2.05, 4.69) is 22.0 Å². The van der Waals surface area contributed by atoms with Gasteiger partial charge in [0.1, 0.15) is 5.75 Å². The standard InChI is InChI=1S/C15H13BrN2O/c1-9-6-13(4-3-11(9)8-17)19-15-10(2)5-12(16)7-14(15)18/h3-7H,18H2,1-2H3. The van der Waals surface area contributed by atoms with Crippen molar-refractivity contribution in [2.24, 2.45) is 0 Å². The van der Waals surface area contributed by atoms with Gasteiger partial charge in [-0.2, -0.15) is 5.26 Å². The highest BCUT2D eigenvalue weighted by Crippen LogP contribution is 2.34. The maximum Gasteiger partial charge on any atom is 0.153 e. The number of rotatable bonds is 2. The van der Waals surface area contributed by atoms with Crippen LogP contribution < -0.4 is 10.5 Å². The van der Waals surface area contributed by atoms with Crippen LogP contribution in [0.15, 0.2) is 34.8 Å². The maximum atomic E-state index is 8.90. The normalized spacial score (nSPS) is 10.0. The summed E-state index contributed by atoms with van der Waals surface area (Å²) in [4.78, 5) is 0. The molecule has 2 aromatic carbocycles. The van der Waals surface area contributed by atoms with Gasteiger partial charge in [-0.25, -0.2) is 0 Å². The topological polar surface area (TPSA) is 59.0 Å². The Labute approximate surface area is 120 Å². The average Bonchev–Trinajstić information content (AvgIpc) is 2.34. The fourth-order valence-corrected chi connectivity index (χ4v) is 2.43. The number of hydrogen-bond acceptors (Lipinski definition) is 3. The van der Waals surface area contributed by atoms with E-state index in [1.165, 1.54) is 0 Å². The van der Waals surface area contributed by atoms with Crippen molar-refractivity contribution < 1.29 is 4.74 Å². The van der Waals surface area contributed by atoms with Gasteiger partial charge < -0.3 is 10.5 Å². The van der Waals surface area contributed by atoms with Gasteiger partial charge in [0.2, 0.25) is 0 Å². The highest BCUT2D eigenvalue weighted by Gasteiger charge is 2.08. The van der Waals surface area contributed by atoms with E-state index in [1.807, 2.05) is 26.0 Å². The zero-order valence-electron chi connectivity index (χ0n) is 10.7. The molecule has 19 heavy (non-hydrogen) atoms. The lowest BCUT2D eigenvalue weighted by Crippen LogP contribution is -1.95. The number of nitriles is 1. The molecule has 0 aliphatic heterocycles. The summed E-state index contributed by atoms with van der Waals surface area (Å²) >= 11 is 3.39. The fraction of sp³-hybridized carbons (Fsp3) is 0.133. The van der Waals surface area contributed by atoms with Crippen molar-refractivity contribution >= 4 is 21.6 Å². The third kappa shape index (κ3) is 2.88. The molecule has 0 spiro atoms. The van der Waals surface area contributed by atoms with Gasteiger partial charge in [-0.15, -0.1) is 0 Å². The van der Waals surface area contributed by atoms with Gasteiger partial charge in [-0.05, 0) is 55.3 Å². The Morgan fingerprint density at radius 3 is 2.47 bits per heavy atom. The molecule has 2 rings (SSSR count). The maximum absolute atomic E-state index is 8.90. The molecule has 0 aromatic heterocycles. The highest BCUT2D eigenvalue weighted by atomic mass is 79.9. The van der Waals surface area contributed by atoms with Crippen molar-refractivity contribution in [3.8, 4) is 17.6 Å². The van der Waals surface area contributed by atoms with Crippen LogP contribution in [-0.2, 0) is 0 Å². The molecule has 0 aliphatic carbocycles. The smallest absolute Gasteiger partial charge is 0.153 e. The predicted molar refractivity (Wildman–Crippen MR) is 79.3 cm³/mol. The number of halogens is 1. The summed E-state index contributed by atoms with van der Waals surface area (Å²) in [6.45, 7) is 3.82. The van der Waals surface area contributed by atoms with Crippen molar-refractivity contribution in [2.45, 2.75) is 13.8 Å². The summed E-state index contributed by atoms with van der Waals surface area (Å²) in [7, 11) is 0. The number of benzene rings is 2. The Morgan fingerprint density at radius 1 is 1.16 bits per heavy atom. The van der Waals surface area contributed by atoms with Crippen LogP contribution in [0, 0.1) is 25.2 Å². The average molecular weight is 317 g/mol. The first-order valence-electron chi connectivity index (χ1n) is 5.75. The molecule has 0 atom stereocenters. The molecule has 3 nitrogen and oxygen atoms in total.